The van der Waals surface area contributed by atoms with E-state index in [-0.39, 0.29) is 5.82 Å². The third-order valence-corrected chi connectivity index (χ3v) is 4.24. The lowest BCUT2D eigenvalue weighted by molar-refractivity contribution is -0.0219. The summed E-state index contributed by atoms with van der Waals surface area (Å²) in [4.78, 5) is 6.54. The Hall–Kier alpha value is -1.60. The summed E-state index contributed by atoms with van der Waals surface area (Å²) in [5, 5.41) is 14.6. The molecule has 0 aliphatic carbocycles. The standard InChI is InChI=1S/C18H24FN3O2/c1-18(23,13-22-5-7-24-8-6-22)12-20-11-15-10-16(19)9-14-3-2-4-21-17(14)15/h2-4,9-10,20,23H,5-8,11-13H2,1H3. The van der Waals surface area contributed by atoms with Gasteiger partial charge >= 0.3 is 0 Å². The predicted octanol–water partition coefficient (Wildman–Crippen LogP) is 1.55. The zero-order valence-corrected chi connectivity index (χ0v) is 14.0. The summed E-state index contributed by atoms with van der Waals surface area (Å²) < 4.78 is 19.1. The smallest absolute Gasteiger partial charge is 0.124 e. The Morgan fingerprint density at radius 3 is 2.96 bits per heavy atom. The van der Waals surface area contributed by atoms with Gasteiger partial charge in [0.25, 0.3) is 0 Å². The topological polar surface area (TPSA) is 57.6 Å². The van der Waals surface area contributed by atoms with Crippen molar-refractivity contribution in [3.05, 3.63) is 41.8 Å². The van der Waals surface area contributed by atoms with Gasteiger partial charge < -0.3 is 15.2 Å². The van der Waals surface area contributed by atoms with Gasteiger partial charge in [0.15, 0.2) is 0 Å². The average Bonchev–Trinajstić information content (AvgIpc) is 2.55. The van der Waals surface area contributed by atoms with Crippen LogP contribution in [-0.4, -0.2) is 60.0 Å². The Balaban J connectivity index is 1.59. The van der Waals surface area contributed by atoms with Crippen molar-refractivity contribution in [3.63, 3.8) is 0 Å². The van der Waals surface area contributed by atoms with Crippen molar-refractivity contribution in [3.8, 4) is 0 Å². The van der Waals surface area contributed by atoms with Crippen molar-refractivity contribution < 1.29 is 14.2 Å². The summed E-state index contributed by atoms with van der Waals surface area (Å²) in [6.07, 6.45) is 1.71. The minimum Gasteiger partial charge on any atom is -0.388 e. The van der Waals surface area contributed by atoms with Gasteiger partial charge in [0.2, 0.25) is 0 Å². The van der Waals surface area contributed by atoms with Gasteiger partial charge in [-0.3, -0.25) is 9.88 Å². The molecule has 130 valence electrons. The van der Waals surface area contributed by atoms with Gasteiger partial charge in [-0.2, -0.15) is 0 Å². The van der Waals surface area contributed by atoms with Gasteiger partial charge in [0.1, 0.15) is 5.82 Å². The van der Waals surface area contributed by atoms with E-state index in [0.29, 0.717) is 32.8 Å². The maximum atomic E-state index is 13.7. The second kappa shape index (κ2) is 7.53. The van der Waals surface area contributed by atoms with Crippen LogP contribution in [-0.2, 0) is 11.3 Å². The number of morpholine rings is 1. The van der Waals surface area contributed by atoms with E-state index in [2.05, 4.69) is 15.2 Å². The average molecular weight is 333 g/mol. The molecule has 0 saturated carbocycles. The van der Waals surface area contributed by atoms with E-state index in [0.717, 1.165) is 29.6 Å². The van der Waals surface area contributed by atoms with Crippen LogP contribution in [0, 0.1) is 5.82 Å². The lowest BCUT2D eigenvalue weighted by atomic mass is 10.1. The zero-order chi connectivity index (χ0) is 17.0. The second-order valence-electron chi connectivity index (χ2n) is 6.63. The molecule has 1 aliphatic rings. The first-order valence-electron chi connectivity index (χ1n) is 8.30. The van der Waals surface area contributed by atoms with E-state index < -0.39 is 5.60 Å². The molecule has 24 heavy (non-hydrogen) atoms. The lowest BCUT2D eigenvalue weighted by Gasteiger charge is -2.34. The molecule has 3 rings (SSSR count). The zero-order valence-electron chi connectivity index (χ0n) is 14.0. The van der Waals surface area contributed by atoms with Crippen LogP contribution < -0.4 is 5.32 Å². The molecule has 2 N–H and O–H groups in total. The van der Waals surface area contributed by atoms with Gasteiger partial charge in [0.05, 0.1) is 24.3 Å². The monoisotopic (exact) mass is 333 g/mol. The number of β-amino-alcohol motifs (C(OH)–C–C–N with tert-alkyl or cyclic N) is 1. The van der Waals surface area contributed by atoms with Crippen molar-refractivity contribution in [2.45, 2.75) is 19.1 Å². The number of nitrogens with one attached hydrogen (secondary N) is 1. The fourth-order valence-corrected chi connectivity index (χ4v) is 3.13. The van der Waals surface area contributed by atoms with Crippen LogP contribution >= 0.6 is 0 Å². The molecule has 1 unspecified atom stereocenters. The van der Waals surface area contributed by atoms with E-state index in [1.54, 1.807) is 12.3 Å². The highest BCUT2D eigenvalue weighted by molar-refractivity contribution is 5.81. The third-order valence-electron chi connectivity index (χ3n) is 4.24. The van der Waals surface area contributed by atoms with Crippen LogP contribution in [0.3, 0.4) is 0 Å². The summed E-state index contributed by atoms with van der Waals surface area (Å²) in [6, 6.07) is 6.63. The van der Waals surface area contributed by atoms with E-state index in [9.17, 15) is 9.50 Å². The van der Waals surface area contributed by atoms with Gasteiger partial charge in [0, 0.05) is 44.3 Å². The molecule has 6 heteroatoms. The molecule has 5 nitrogen and oxygen atoms in total. The summed E-state index contributed by atoms with van der Waals surface area (Å²) in [5.41, 5.74) is 0.737. The first-order chi connectivity index (χ1) is 11.5. The SMILES string of the molecule is CC(O)(CNCc1cc(F)cc2cccnc12)CN1CCOCC1. The Kier molecular flexibility index (Phi) is 5.40. The molecular weight excluding hydrogens is 309 g/mol. The van der Waals surface area contributed by atoms with E-state index in [1.807, 2.05) is 13.0 Å². The molecule has 0 amide bonds. The van der Waals surface area contributed by atoms with Crippen LogP contribution in [0.25, 0.3) is 10.9 Å². The number of benzene rings is 1. The van der Waals surface area contributed by atoms with E-state index in [4.69, 9.17) is 4.74 Å². The molecule has 1 aromatic carbocycles. The molecule has 1 atom stereocenters. The van der Waals surface area contributed by atoms with Crippen LogP contribution in [0.4, 0.5) is 4.39 Å². The molecule has 1 saturated heterocycles. The number of fused-ring (bicyclic) bond motifs is 1. The fourth-order valence-electron chi connectivity index (χ4n) is 3.13. The Bertz CT molecular complexity index is 687. The molecular formula is C18H24FN3O2. The highest BCUT2D eigenvalue weighted by Crippen LogP contribution is 2.18. The maximum Gasteiger partial charge on any atom is 0.124 e. The minimum atomic E-state index is -0.853. The van der Waals surface area contributed by atoms with Crippen molar-refractivity contribution in [2.24, 2.45) is 0 Å². The van der Waals surface area contributed by atoms with Gasteiger partial charge in [-0.1, -0.05) is 6.07 Å². The van der Waals surface area contributed by atoms with Crippen LogP contribution in [0.5, 0.6) is 0 Å². The molecule has 2 heterocycles. The van der Waals surface area contributed by atoms with Crippen LogP contribution in [0.1, 0.15) is 12.5 Å². The van der Waals surface area contributed by atoms with Crippen molar-refractivity contribution >= 4 is 10.9 Å². The molecule has 1 aliphatic heterocycles. The lowest BCUT2D eigenvalue weighted by Crippen LogP contribution is -2.50. The van der Waals surface area contributed by atoms with Crippen molar-refractivity contribution in [1.82, 2.24) is 15.2 Å². The minimum absolute atomic E-state index is 0.271. The molecule has 0 spiro atoms. The van der Waals surface area contributed by atoms with Crippen molar-refractivity contribution in [2.75, 3.05) is 39.4 Å². The largest absolute Gasteiger partial charge is 0.388 e. The summed E-state index contributed by atoms with van der Waals surface area (Å²) in [7, 11) is 0. The van der Waals surface area contributed by atoms with Gasteiger partial charge in [-0.05, 0) is 30.7 Å². The third kappa shape index (κ3) is 4.48. The molecule has 0 radical (unpaired) electrons. The Morgan fingerprint density at radius 1 is 1.38 bits per heavy atom. The Morgan fingerprint density at radius 2 is 2.17 bits per heavy atom. The number of hydrogen-bond donors (Lipinski definition) is 2. The number of ether oxygens (including phenoxy) is 1. The van der Waals surface area contributed by atoms with Crippen LogP contribution in [0.2, 0.25) is 0 Å². The van der Waals surface area contributed by atoms with Crippen LogP contribution in [0.15, 0.2) is 30.5 Å². The summed E-state index contributed by atoms with van der Waals surface area (Å²) >= 11 is 0. The number of pyridine rings is 1. The first-order valence-corrected chi connectivity index (χ1v) is 8.30. The molecule has 1 fully saturated rings. The number of rotatable bonds is 6. The number of halogens is 1. The molecule has 1 aromatic heterocycles. The number of nitrogens with zero attached hydrogens (tertiary/aromatic N) is 2. The highest BCUT2D eigenvalue weighted by Gasteiger charge is 2.25. The fraction of sp³-hybridized carbons (Fsp3) is 0.500. The highest BCUT2D eigenvalue weighted by atomic mass is 19.1. The number of hydrogen-bond acceptors (Lipinski definition) is 5. The van der Waals surface area contributed by atoms with Gasteiger partial charge in [-0.25, -0.2) is 4.39 Å². The number of aromatic nitrogens is 1. The predicted molar refractivity (Wildman–Crippen MR) is 91.3 cm³/mol. The second-order valence-corrected chi connectivity index (χ2v) is 6.63. The summed E-state index contributed by atoms with van der Waals surface area (Å²) in [5.74, 6) is -0.271. The van der Waals surface area contributed by atoms with Gasteiger partial charge in [-0.15, -0.1) is 0 Å². The molecule has 2 aromatic rings. The number of aliphatic hydroxyl groups is 1. The normalized spacial score (nSPS) is 18.6. The van der Waals surface area contributed by atoms with E-state index >= 15 is 0 Å². The quantitative estimate of drug-likeness (QED) is 0.840. The molecule has 0 bridgehead atoms. The first kappa shape index (κ1) is 17.2. The summed E-state index contributed by atoms with van der Waals surface area (Å²) in [6.45, 7) is 6.40. The van der Waals surface area contributed by atoms with E-state index in [1.165, 1.54) is 12.1 Å². The Labute approximate surface area is 141 Å². The maximum absolute atomic E-state index is 13.7. The van der Waals surface area contributed by atoms with Crippen molar-refractivity contribution in [1.29, 1.82) is 0 Å².